The zero-order chi connectivity index (χ0) is 10.2. The first-order chi connectivity index (χ1) is 6.24. The quantitative estimate of drug-likeness (QED) is 0.470. The number of unbranched alkanes of at least 4 members (excludes halogenated alkanes) is 3. The van der Waals surface area contributed by atoms with E-state index in [1.54, 1.807) is 21.3 Å². The Bertz CT molecular complexity index is 107. The van der Waals surface area contributed by atoms with Crippen LogP contribution in [0, 0.1) is 0 Å². The summed E-state index contributed by atoms with van der Waals surface area (Å²) < 4.78 is 17.1. The summed E-state index contributed by atoms with van der Waals surface area (Å²) >= 11 is -2.77. The van der Waals surface area contributed by atoms with E-state index in [-0.39, 0.29) is 0 Å². The van der Waals surface area contributed by atoms with Crippen molar-refractivity contribution in [1.29, 1.82) is 0 Å². The second-order valence-electron chi connectivity index (χ2n) is 3.11. The van der Waals surface area contributed by atoms with Gasteiger partial charge in [-0.2, -0.15) is 0 Å². The Labute approximate surface area is 86.5 Å². The molecular weight excluding hydrogens is 204 g/mol. The summed E-state index contributed by atoms with van der Waals surface area (Å²) in [7, 11) is 5.06. The Hall–Kier alpha value is 0.594. The molecule has 0 aliphatic rings. The van der Waals surface area contributed by atoms with E-state index >= 15 is 0 Å². The van der Waals surface area contributed by atoms with Gasteiger partial charge in [-0.15, -0.1) is 0 Å². The maximum absolute atomic E-state index is 5.36. The van der Waals surface area contributed by atoms with Crippen LogP contribution in [0.5, 0.6) is 0 Å². The summed E-state index contributed by atoms with van der Waals surface area (Å²) in [6, 6.07) is 0. The summed E-state index contributed by atoms with van der Waals surface area (Å²) in [5.41, 5.74) is 0. The van der Waals surface area contributed by atoms with Gasteiger partial charge in [0.25, 0.3) is 0 Å². The van der Waals surface area contributed by atoms with Crippen molar-refractivity contribution >= 4 is 0 Å². The van der Waals surface area contributed by atoms with Gasteiger partial charge in [0.15, 0.2) is 0 Å². The number of hydrogen-bond acceptors (Lipinski definition) is 3. The van der Waals surface area contributed by atoms with Gasteiger partial charge in [0.05, 0.1) is 0 Å². The van der Waals surface area contributed by atoms with Crippen molar-refractivity contribution in [2.24, 2.45) is 0 Å². The molecule has 0 aromatic heterocycles. The molecule has 0 amide bonds. The van der Waals surface area contributed by atoms with E-state index in [0.29, 0.717) is 0 Å². The van der Waals surface area contributed by atoms with Crippen LogP contribution in [0.4, 0.5) is 0 Å². The fourth-order valence-electron chi connectivity index (χ4n) is 1.32. The van der Waals surface area contributed by atoms with E-state index in [9.17, 15) is 0 Å². The van der Waals surface area contributed by atoms with E-state index in [1.165, 1.54) is 19.3 Å². The van der Waals surface area contributed by atoms with E-state index in [0.717, 1.165) is 11.1 Å². The third-order valence-corrected chi connectivity index (χ3v) is 6.69. The van der Waals surface area contributed by atoms with Crippen LogP contribution in [0.15, 0.2) is 0 Å². The Morgan fingerprint density at radius 1 is 0.846 bits per heavy atom. The number of hydrogen-bond donors (Lipinski definition) is 0. The molecule has 0 saturated carbocycles. The van der Waals surface area contributed by atoms with Crippen molar-refractivity contribution in [1.82, 2.24) is 0 Å². The molecule has 4 heteroatoms. The second kappa shape index (κ2) is 7.95. The Kier molecular flexibility index (Phi) is 8.31. The van der Waals surface area contributed by atoms with Gasteiger partial charge < -0.3 is 0 Å². The van der Waals surface area contributed by atoms with Crippen LogP contribution in [0.25, 0.3) is 0 Å². The van der Waals surface area contributed by atoms with Gasteiger partial charge in [-0.3, -0.25) is 0 Å². The topological polar surface area (TPSA) is 27.7 Å². The molecule has 0 aromatic rings. The molecular formula is C9H22O3Ti. The van der Waals surface area contributed by atoms with Gasteiger partial charge in [-0.25, -0.2) is 0 Å². The molecule has 0 spiro atoms. The fraction of sp³-hybridized carbons (Fsp3) is 1.00. The van der Waals surface area contributed by atoms with E-state index in [1.807, 2.05) is 0 Å². The monoisotopic (exact) mass is 226 g/mol. The first-order valence-electron chi connectivity index (χ1n) is 4.90. The van der Waals surface area contributed by atoms with Crippen LogP contribution in [-0.2, 0) is 27.7 Å². The molecule has 0 bridgehead atoms. The van der Waals surface area contributed by atoms with Crippen molar-refractivity contribution in [3.05, 3.63) is 0 Å². The SMILES string of the molecule is CCCCC[CH2][Ti]([O]C)([O]C)[O]C. The Balaban J connectivity index is 3.68. The average Bonchev–Trinajstić information content (AvgIpc) is 2.20. The van der Waals surface area contributed by atoms with Crippen molar-refractivity contribution in [2.45, 2.75) is 37.3 Å². The molecule has 0 heterocycles. The molecule has 0 N–H and O–H groups in total. The van der Waals surface area contributed by atoms with Crippen LogP contribution >= 0.6 is 0 Å². The van der Waals surface area contributed by atoms with Gasteiger partial charge in [0.1, 0.15) is 0 Å². The molecule has 0 fully saturated rings. The Morgan fingerprint density at radius 3 is 1.77 bits per heavy atom. The van der Waals surface area contributed by atoms with Gasteiger partial charge in [0, 0.05) is 0 Å². The second-order valence-corrected chi connectivity index (χ2v) is 7.93. The molecule has 0 rings (SSSR count). The van der Waals surface area contributed by atoms with Crippen molar-refractivity contribution < 1.29 is 27.7 Å². The van der Waals surface area contributed by atoms with E-state index in [2.05, 4.69) is 6.92 Å². The molecule has 0 saturated heterocycles. The third kappa shape index (κ3) is 5.13. The summed E-state index contributed by atoms with van der Waals surface area (Å²) in [6.45, 7) is 2.21. The van der Waals surface area contributed by atoms with Crippen molar-refractivity contribution in [3.63, 3.8) is 0 Å². The molecule has 0 radical (unpaired) electrons. The molecule has 0 unspecified atom stereocenters. The molecule has 0 aliphatic carbocycles. The molecule has 0 aliphatic heterocycles. The normalized spacial score (nSPS) is 12.0. The molecule has 0 aromatic carbocycles. The van der Waals surface area contributed by atoms with Crippen LogP contribution in [0.1, 0.15) is 32.6 Å². The van der Waals surface area contributed by atoms with Crippen molar-refractivity contribution in [2.75, 3.05) is 21.3 Å². The standard InChI is InChI=1S/C6H13.3CH3O.Ti/c1-3-5-6-4-2;3*1-2;/h1,3-6H2,2H3;3*1H3;/q;3*-1;+3. The van der Waals surface area contributed by atoms with Crippen LogP contribution in [0.2, 0.25) is 4.73 Å². The molecule has 80 valence electrons. The zero-order valence-electron chi connectivity index (χ0n) is 9.26. The molecule has 3 nitrogen and oxygen atoms in total. The molecule has 13 heavy (non-hydrogen) atoms. The minimum atomic E-state index is -2.77. The van der Waals surface area contributed by atoms with Crippen LogP contribution < -0.4 is 0 Å². The van der Waals surface area contributed by atoms with Crippen LogP contribution in [0.3, 0.4) is 0 Å². The third-order valence-electron chi connectivity index (χ3n) is 2.27. The Morgan fingerprint density at radius 2 is 1.38 bits per heavy atom. The van der Waals surface area contributed by atoms with E-state index < -0.39 is 17.8 Å². The summed E-state index contributed by atoms with van der Waals surface area (Å²) in [6.07, 6.45) is 4.95. The van der Waals surface area contributed by atoms with Crippen molar-refractivity contribution in [3.8, 4) is 0 Å². The van der Waals surface area contributed by atoms with Gasteiger partial charge >= 0.3 is 86.4 Å². The fourth-order valence-corrected chi connectivity index (χ4v) is 4.13. The average molecular weight is 226 g/mol. The predicted octanol–water partition coefficient (Wildman–Crippen LogP) is 2.82. The zero-order valence-corrected chi connectivity index (χ0v) is 10.8. The maximum atomic E-state index is 5.36. The first-order valence-corrected chi connectivity index (χ1v) is 7.91. The van der Waals surface area contributed by atoms with E-state index in [4.69, 9.17) is 9.96 Å². The summed E-state index contributed by atoms with van der Waals surface area (Å²) in [5, 5.41) is 0. The minimum absolute atomic E-state index is 0.976. The number of rotatable bonds is 8. The molecule has 0 atom stereocenters. The predicted molar refractivity (Wildman–Crippen MR) is 50.0 cm³/mol. The summed E-state index contributed by atoms with van der Waals surface area (Å²) in [5.74, 6) is 0. The van der Waals surface area contributed by atoms with Crippen LogP contribution in [-0.4, -0.2) is 21.3 Å². The van der Waals surface area contributed by atoms with Gasteiger partial charge in [0.2, 0.25) is 0 Å². The first kappa shape index (κ1) is 13.6. The summed E-state index contributed by atoms with van der Waals surface area (Å²) in [4.78, 5) is 0. The van der Waals surface area contributed by atoms with Gasteiger partial charge in [-0.1, -0.05) is 0 Å². The van der Waals surface area contributed by atoms with Gasteiger partial charge in [-0.05, 0) is 0 Å².